The lowest BCUT2D eigenvalue weighted by Crippen LogP contribution is -2.23. The maximum Gasteiger partial charge on any atom is 0.131 e. The van der Waals surface area contributed by atoms with Gasteiger partial charge in [-0.05, 0) is 51.0 Å². The van der Waals surface area contributed by atoms with E-state index in [1.54, 1.807) is 0 Å². The van der Waals surface area contributed by atoms with Crippen LogP contribution in [0.5, 0.6) is 0 Å². The predicted molar refractivity (Wildman–Crippen MR) is 88.3 cm³/mol. The fourth-order valence-corrected chi connectivity index (χ4v) is 3.48. The molecule has 0 saturated heterocycles. The average Bonchev–Trinajstić information content (AvgIpc) is 2.47. The first-order valence-corrected chi connectivity index (χ1v) is 8.72. The van der Waals surface area contributed by atoms with Crippen molar-refractivity contribution in [1.82, 2.24) is 9.97 Å². The summed E-state index contributed by atoms with van der Waals surface area (Å²) in [7, 11) is 0. The summed E-state index contributed by atoms with van der Waals surface area (Å²) in [4.78, 5) is 9.53. The van der Waals surface area contributed by atoms with Crippen LogP contribution in [0.15, 0.2) is 6.07 Å². The van der Waals surface area contributed by atoms with Crippen LogP contribution in [0, 0.1) is 12.8 Å². The summed E-state index contributed by atoms with van der Waals surface area (Å²) in [6.45, 7) is 6.50. The Kier molecular flexibility index (Phi) is 6.16. The molecule has 1 aromatic rings. The maximum absolute atomic E-state index is 6.07. The molecule has 1 heterocycles. The summed E-state index contributed by atoms with van der Waals surface area (Å²) < 4.78 is 0. The summed E-state index contributed by atoms with van der Waals surface area (Å²) in [5, 5.41) is 0. The first-order valence-electron chi connectivity index (χ1n) is 8.72. The zero-order valence-electron chi connectivity index (χ0n) is 13.9. The molecule has 0 aromatic carbocycles. The molecule has 0 aliphatic heterocycles. The van der Waals surface area contributed by atoms with Gasteiger partial charge >= 0.3 is 0 Å². The third-order valence-corrected chi connectivity index (χ3v) is 4.83. The van der Waals surface area contributed by atoms with E-state index in [0.717, 1.165) is 36.0 Å². The highest BCUT2D eigenvalue weighted by atomic mass is 14.9. The Hall–Kier alpha value is -0.960. The molecule has 2 rings (SSSR count). The SMILES string of the molecule is CCCC1CCC(c2nc(C)cc(CC(N)CC)n2)CC1. The molecule has 3 nitrogen and oxygen atoms in total. The van der Waals surface area contributed by atoms with Crippen molar-refractivity contribution in [3.05, 3.63) is 23.3 Å². The van der Waals surface area contributed by atoms with Gasteiger partial charge in [-0.3, -0.25) is 0 Å². The number of hydrogen-bond donors (Lipinski definition) is 1. The lowest BCUT2D eigenvalue weighted by molar-refractivity contribution is 0.301. The molecule has 1 aliphatic rings. The quantitative estimate of drug-likeness (QED) is 0.856. The van der Waals surface area contributed by atoms with Gasteiger partial charge in [0.2, 0.25) is 0 Å². The summed E-state index contributed by atoms with van der Waals surface area (Å²) in [6, 6.07) is 2.31. The van der Waals surface area contributed by atoms with Crippen LogP contribution in [-0.4, -0.2) is 16.0 Å². The van der Waals surface area contributed by atoms with Crippen LogP contribution < -0.4 is 5.73 Å². The minimum absolute atomic E-state index is 0.215. The second-order valence-corrected chi connectivity index (χ2v) is 6.74. The molecule has 1 fully saturated rings. The van der Waals surface area contributed by atoms with Crippen LogP contribution in [0.4, 0.5) is 0 Å². The number of aryl methyl sites for hydroxylation is 1. The van der Waals surface area contributed by atoms with Crippen LogP contribution in [-0.2, 0) is 6.42 Å². The first-order chi connectivity index (χ1) is 10.1. The van der Waals surface area contributed by atoms with E-state index in [0.29, 0.717) is 5.92 Å². The van der Waals surface area contributed by atoms with Crippen molar-refractivity contribution in [2.45, 2.75) is 84.1 Å². The second kappa shape index (κ2) is 7.88. The number of nitrogens with zero attached hydrogens (tertiary/aromatic N) is 2. The monoisotopic (exact) mass is 289 g/mol. The van der Waals surface area contributed by atoms with Crippen molar-refractivity contribution < 1.29 is 0 Å². The largest absolute Gasteiger partial charge is 0.327 e. The predicted octanol–water partition coefficient (Wildman–Crippen LogP) is 4.14. The van der Waals surface area contributed by atoms with Crippen molar-refractivity contribution in [2.24, 2.45) is 11.7 Å². The van der Waals surface area contributed by atoms with Gasteiger partial charge in [0, 0.05) is 29.8 Å². The summed E-state index contributed by atoms with van der Waals surface area (Å²) in [5.41, 5.74) is 8.29. The van der Waals surface area contributed by atoms with Gasteiger partial charge in [-0.2, -0.15) is 0 Å². The smallest absolute Gasteiger partial charge is 0.131 e. The highest BCUT2D eigenvalue weighted by Gasteiger charge is 2.24. The zero-order chi connectivity index (χ0) is 15.2. The van der Waals surface area contributed by atoms with E-state index in [4.69, 9.17) is 15.7 Å². The maximum atomic E-state index is 6.07. The number of aromatic nitrogens is 2. The third kappa shape index (κ3) is 4.77. The Morgan fingerprint density at radius 3 is 2.52 bits per heavy atom. The molecule has 0 spiro atoms. The molecule has 1 aliphatic carbocycles. The summed E-state index contributed by atoms with van der Waals surface area (Å²) in [5.74, 6) is 2.57. The topological polar surface area (TPSA) is 51.8 Å². The van der Waals surface area contributed by atoms with Crippen molar-refractivity contribution >= 4 is 0 Å². The van der Waals surface area contributed by atoms with E-state index in [1.165, 1.54) is 38.5 Å². The van der Waals surface area contributed by atoms with Crippen LogP contribution in [0.1, 0.15) is 81.9 Å². The van der Waals surface area contributed by atoms with Gasteiger partial charge in [-0.25, -0.2) is 9.97 Å². The molecule has 118 valence electrons. The molecule has 2 N–H and O–H groups in total. The highest BCUT2D eigenvalue weighted by molar-refractivity contribution is 5.14. The van der Waals surface area contributed by atoms with Crippen molar-refractivity contribution in [3.63, 3.8) is 0 Å². The average molecular weight is 289 g/mol. The molecule has 3 heteroatoms. The van der Waals surface area contributed by atoms with Crippen LogP contribution in [0.2, 0.25) is 0 Å². The lowest BCUT2D eigenvalue weighted by Gasteiger charge is -2.27. The molecule has 0 radical (unpaired) electrons. The van der Waals surface area contributed by atoms with E-state index in [9.17, 15) is 0 Å². The van der Waals surface area contributed by atoms with Gasteiger partial charge in [0.1, 0.15) is 5.82 Å². The van der Waals surface area contributed by atoms with E-state index < -0.39 is 0 Å². The molecule has 1 unspecified atom stereocenters. The third-order valence-electron chi connectivity index (χ3n) is 4.83. The number of rotatable bonds is 6. The Bertz CT molecular complexity index is 436. The van der Waals surface area contributed by atoms with Gasteiger partial charge in [0.25, 0.3) is 0 Å². The molecular formula is C18H31N3. The molecule has 0 amide bonds. The summed E-state index contributed by atoms with van der Waals surface area (Å²) in [6.07, 6.45) is 9.78. The van der Waals surface area contributed by atoms with Gasteiger partial charge in [-0.15, -0.1) is 0 Å². The van der Waals surface area contributed by atoms with Crippen LogP contribution in [0.25, 0.3) is 0 Å². The molecule has 1 aromatic heterocycles. The number of nitrogens with two attached hydrogens (primary N) is 1. The van der Waals surface area contributed by atoms with E-state index >= 15 is 0 Å². The van der Waals surface area contributed by atoms with Gasteiger partial charge < -0.3 is 5.73 Å². The highest BCUT2D eigenvalue weighted by Crippen LogP contribution is 2.36. The van der Waals surface area contributed by atoms with E-state index in [2.05, 4.69) is 26.8 Å². The Labute approximate surface area is 129 Å². The molecular weight excluding hydrogens is 258 g/mol. The van der Waals surface area contributed by atoms with Crippen LogP contribution in [0.3, 0.4) is 0 Å². The number of hydrogen-bond acceptors (Lipinski definition) is 3. The standard InChI is InChI=1S/C18H31N3/c1-4-6-14-7-9-15(10-8-14)18-20-13(3)11-17(21-18)12-16(19)5-2/h11,14-16H,4-10,12,19H2,1-3H3. The zero-order valence-corrected chi connectivity index (χ0v) is 13.9. The molecule has 1 atom stereocenters. The minimum Gasteiger partial charge on any atom is -0.327 e. The first kappa shape index (κ1) is 16.4. The van der Waals surface area contributed by atoms with E-state index in [1.807, 2.05) is 0 Å². The molecule has 21 heavy (non-hydrogen) atoms. The summed E-state index contributed by atoms with van der Waals surface area (Å²) >= 11 is 0. The van der Waals surface area contributed by atoms with Crippen LogP contribution >= 0.6 is 0 Å². The second-order valence-electron chi connectivity index (χ2n) is 6.74. The fraction of sp³-hybridized carbons (Fsp3) is 0.778. The molecule has 0 bridgehead atoms. The van der Waals surface area contributed by atoms with Crippen molar-refractivity contribution in [3.8, 4) is 0 Å². The normalized spacial score (nSPS) is 24.0. The van der Waals surface area contributed by atoms with E-state index in [-0.39, 0.29) is 6.04 Å². The lowest BCUT2D eigenvalue weighted by atomic mass is 9.79. The van der Waals surface area contributed by atoms with Crippen molar-refractivity contribution in [1.29, 1.82) is 0 Å². The van der Waals surface area contributed by atoms with Gasteiger partial charge in [0.05, 0.1) is 0 Å². The Morgan fingerprint density at radius 2 is 1.90 bits per heavy atom. The minimum atomic E-state index is 0.215. The molecule has 1 saturated carbocycles. The van der Waals surface area contributed by atoms with Gasteiger partial charge in [-0.1, -0.05) is 26.7 Å². The van der Waals surface area contributed by atoms with Crippen molar-refractivity contribution in [2.75, 3.05) is 0 Å². The fourth-order valence-electron chi connectivity index (χ4n) is 3.48. The Morgan fingerprint density at radius 1 is 1.19 bits per heavy atom. The van der Waals surface area contributed by atoms with Gasteiger partial charge in [0.15, 0.2) is 0 Å². The Balaban J connectivity index is 2.03.